The number of carbonyl (C=O) groups is 1. The average Bonchev–Trinajstić information content (AvgIpc) is 2.99. The minimum atomic E-state index is -3.53. The average molecular weight is 365 g/mol. The van der Waals surface area contributed by atoms with E-state index in [1.807, 2.05) is 0 Å². The van der Waals surface area contributed by atoms with Gasteiger partial charge in [0.2, 0.25) is 0 Å². The predicted octanol–water partition coefficient (Wildman–Crippen LogP) is 2.76. The molecule has 0 atom stereocenters. The first kappa shape index (κ1) is 15.4. The molecule has 0 aromatic heterocycles. The summed E-state index contributed by atoms with van der Waals surface area (Å²) in [5.41, 5.74) is -0.532. The molecule has 2 rings (SSSR count). The van der Waals surface area contributed by atoms with Crippen LogP contribution < -0.4 is 0 Å². The maximum absolute atomic E-state index is 13.7. The summed E-state index contributed by atoms with van der Waals surface area (Å²) in [7, 11) is -3.53. The van der Waals surface area contributed by atoms with Crippen LogP contribution in [0.2, 0.25) is 0 Å². The van der Waals surface area contributed by atoms with Gasteiger partial charge in [-0.1, -0.05) is 22.0 Å². The number of halogens is 2. The molecule has 0 amide bonds. The van der Waals surface area contributed by atoms with Crippen molar-refractivity contribution < 1.29 is 22.7 Å². The Morgan fingerprint density at radius 2 is 2.05 bits per heavy atom. The molecule has 0 unspecified atom stereocenters. The first-order chi connectivity index (χ1) is 9.21. The van der Waals surface area contributed by atoms with E-state index in [2.05, 4.69) is 15.9 Å². The molecule has 1 fully saturated rings. The van der Waals surface area contributed by atoms with Crippen molar-refractivity contribution in [3.05, 3.63) is 34.1 Å². The number of carboxylic acids is 1. The van der Waals surface area contributed by atoms with Crippen molar-refractivity contribution in [2.24, 2.45) is 5.41 Å². The van der Waals surface area contributed by atoms with E-state index < -0.39 is 32.8 Å². The molecule has 1 aliphatic carbocycles. The highest BCUT2D eigenvalue weighted by molar-refractivity contribution is 9.10. The molecule has 0 heterocycles. The third-order valence-electron chi connectivity index (χ3n) is 3.40. The third-order valence-corrected chi connectivity index (χ3v) is 5.70. The van der Waals surface area contributed by atoms with Crippen LogP contribution in [0, 0.1) is 11.2 Å². The van der Waals surface area contributed by atoms with E-state index in [0.29, 0.717) is 17.3 Å². The van der Waals surface area contributed by atoms with Gasteiger partial charge in [-0.25, -0.2) is 12.8 Å². The Bertz CT molecular complexity index is 638. The quantitative estimate of drug-likeness (QED) is 0.842. The van der Waals surface area contributed by atoms with E-state index >= 15 is 0 Å². The van der Waals surface area contributed by atoms with E-state index in [9.17, 15) is 17.6 Å². The van der Waals surface area contributed by atoms with Crippen molar-refractivity contribution in [1.82, 2.24) is 0 Å². The first-order valence-electron chi connectivity index (χ1n) is 6.08. The monoisotopic (exact) mass is 364 g/mol. The fourth-order valence-corrected chi connectivity index (χ4v) is 4.73. The molecule has 1 aliphatic rings. The van der Waals surface area contributed by atoms with E-state index in [0.717, 1.165) is 0 Å². The van der Waals surface area contributed by atoms with Gasteiger partial charge in [0.1, 0.15) is 5.82 Å². The van der Waals surface area contributed by atoms with Crippen molar-refractivity contribution >= 4 is 31.7 Å². The van der Waals surface area contributed by atoms with E-state index in [1.54, 1.807) is 6.07 Å². The zero-order valence-corrected chi connectivity index (χ0v) is 13.0. The van der Waals surface area contributed by atoms with Crippen LogP contribution in [0.15, 0.2) is 22.7 Å². The minimum absolute atomic E-state index is 0.110. The second-order valence-corrected chi connectivity index (χ2v) is 8.32. The van der Waals surface area contributed by atoms with E-state index in [4.69, 9.17) is 5.11 Å². The zero-order valence-electron chi connectivity index (χ0n) is 10.6. The molecule has 20 heavy (non-hydrogen) atoms. The van der Waals surface area contributed by atoms with Gasteiger partial charge in [0, 0.05) is 10.0 Å². The smallest absolute Gasteiger partial charge is 0.303 e. The highest BCUT2D eigenvalue weighted by Gasteiger charge is 2.47. The molecular weight excluding hydrogens is 351 g/mol. The van der Waals surface area contributed by atoms with Crippen LogP contribution in [0.5, 0.6) is 0 Å². The summed E-state index contributed by atoms with van der Waals surface area (Å²) < 4.78 is 38.4. The van der Waals surface area contributed by atoms with Crippen molar-refractivity contribution in [1.29, 1.82) is 0 Å². The van der Waals surface area contributed by atoms with Crippen LogP contribution in [0.1, 0.15) is 24.8 Å². The molecule has 0 spiro atoms. The lowest BCUT2D eigenvalue weighted by Crippen LogP contribution is -2.22. The summed E-state index contributed by atoms with van der Waals surface area (Å²) in [6.45, 7) is 0. The SMILES string of the molecule is O=C(O)CC1(CS(=O)(=O)Cc2ccc(Br)cc2F)CC1. The normalized spacial score (nSPS) is 16.9. The van der Waals surface area contributed by atoms with Gasteiger partial charge in [-0.3, -0.25) is 4.79 Å². The van der Waals surface area contributed by atoms with E-state index in [1.165, 1.54) is 12.1 Å². The summed E-state index contributed by atoms with van der Waals surface area (Å²) in [6, 6.07) is 4.22. The van der Waals surface area contributed by atoms with Gasteiger partial charge in [0.25, 0.3) is 0 Å². The number of rotatable bonds is 6. The molecular formula is C13H14BrFO4S. The van der Waals surface area contributed by atoms with Gasteiger partial charge in [-0.05, 0) is 30.4 Å². The Kier molecular flexibility index (Phi) is 4.20. The largest absolute Gasteiger partial charge is 0.481 e. The Morgan fingerprint density at radius 1 is 1.40 bits per heavy atom. The first-order valence-corrected chi connectivity index (χ1v) is 8.69. The van der Waals surface area contributed by atoms with Crippen molar-refractivity contribution in [2.45, 2.75) is 25.0 Å². The Morgan fingerprint density at radius 3 is 2.55 bits per heavy atom. The third kappa shape index (κ3) is 4.02. The summed E-state index contributed by atoms with van der Waals surface area (Å²) in [6.07, 6.45) is 1.05. The fraction of sp³-hybridized carbons (Fsp3) is 0.462. The molecule has 0 radical (unpaired) electrons. The lowest BCUT2D eigenvalue weighted by atomic mass is 10.1. The highest BCUT2D eigenvalue weighted by Crippen LogP contribution is 2.50. The molecule has 1 aromatic rings. The molecule has 1 aromatic carbocycles. The van der Waals surface area contributed by atoms with Crippen LogP contribution in [0.25, 0.3) is 0 Å². The number of hydrogen-bond acceptors (Lipinski definition) is 3. The van der Waals surface area contributed by atoms with Gasteiger partial charge in [0.05, 0.1) is 17.9 Å². The minimum Gasteiger partial charge on any atom is -0.481 e. The molecule has 0 saturated heterocycles. The van der Waals surface area contributed by atoms with Crippen molar-refractivity contribution in [3.63, 3.8) is 0 Å². The van der Waals surface area contributed by atoms with Crippen LogP contribution in [-0.4, -0.2) is 25.2 Å². The number of hydrogen-bond donors (Lipinski definition) is 1. The van der Waals surface area contributed by atoms with Gasteiger partial charge in [0.15, 0.2) is 9.84 Å². The van der Waals surface area contributed by atoms with Crippen molar-refractivity contribution in [3.8, 4) is 0 Å². The summed E-state index contributed by atoms with van der Waals surface area (Å²) >= 11 is 3.11. The number of sulfone groups is 1. The van der Waals surface area contributed by atoms with Crippen LogP contribution in [0.3, 0.4) is 0 Å². The summed E-state index contributed by atoms with van der Waals surface area (Å²) in [5, 5.41) is 8.79. The maximum Gasteiger partial charge on any atom is 0.303 e. The van der Waals surface area contributed by atoms with Gasteiger partial charge in [-0.15, -0.1) is 0 Å². The fourth-order valence-electron chi connectivity index (χ4n) is 2.26. The maximum atomic E-state index is 13.7. The molecule has 1 N–H and O–H groups in total. The number of aliphatic carboxylic acids is 1. The number of carboxylic acid groups (broad SMARTS) is 1. The standard InChI is InChI=1S/C13H14BrFO4S/c14-10-2-1-9(11(15)5-10)7-20(18,19)8-13(3-4-13)6-12(16)17/h1-2,5H,3-4,6-8H2,(H,16,17). The Labute approximate surface area is 125 Å². The van der Waals surface area contributed by atoms with Gasteiger partial charge >= 0.3 is 5.97 Å². The molecule has 0 aliphatic heterocycles. The topological polar surface area (TPSA) is 71.4 Å². The lowest BCUT2D eigenvalue weighted by Gasteiger charge is -2.13. The van der Waals surface area contributed by atoms with Crippen LogP contribution in [0.4, 0.5) is 4.39 Å². The summed E-state index contributed by atoms with van der Waals surface area (Å²) in [4.78, 5) is 10.7. The molecule has 0 bridgehead atoms. The van der Waals surface area contributed by atoms with Crippen LogP contribution >= 0.6 is 15.9 Å². The number of benzene rings is 1. The molecule has 110 valence electrons. The zero-order chi connectivity index (χ0) is 15.0. The summed E-state index contributed by atoms with van der Waals surface area (Å²) in [5.74, 6) is -2.16. The predicted molar refractivity (Wildman–Crippen MR) is 75.5 cm³/mol. The molecule has 4 nitrogen and oxygen atoms in total. The molecule has 1 saturated carbocycles. The van der Waals surface area contributed by atoms with Gasteiger partial charge in [-0.2, -0.15) is 0 Å². The highest BCUT2D eigenvalue weighted by atomic mass is 79.9. The Hall–Kier alpha value is -0.950. The van der Waals surface area contributed by atoms with Gasteiger partial charge < -0.3 is 5.11 Å². The molecule has 7 heteroatoms. The second kappa shape index (κ2) is 5.44. The van der Waals surface area contributed by atoms with E-state index in [-0.39, 0.29) is 17.7 Å². The van der Waals surface area contributed by atoms with Crippen molar-refractivity contribution in [2.75, 3.05) is 5.75 Å². The lowest BCUT2D eigenvalue weighted by molar-refractivity contribution is -0.138. The second-order valence-electron chi connectivity index (χ2n) is 5.34. The Balaban J connectivity index is 2.10. The van der Waals surface area contributed by atoms with Crippen LogP contribution in [-0.2, 0) is 20.4 Å².